The Bertz CT molecular complexity index is 587. The van der Waals surface area contributed by atoms with E-state index >= 15 is 0 Å². The van der Waals surface area contributed by atoms with Crippen molar-refractivity contribution < 1.29 is 13.2 Å². The molecule has 0 bridgehead atoms. The molecule has 1 aromatic heterocycles. The van der Waals surface area contributed by atoms with Crippen LogP contribution >= 0.6 is 0 Å². The highest BCUT2D eigenvalue weighted by Crippen LogP contribution is 2.19. The van der Waals surface area contributed by atoms with Gasteiger partial charge in [-0.3, -0.25) is 9.78 Å². The van der Waals surface area contributed by atoms with Crippen molar-refractivity contribution in [2.45, 2.75) is 11.4 Å². The number of nitrogens with two attached hydrogens (primary N) is 1. The minimum Gasteiger partial charge on any atom is -0.343 e. The average molecular weight is 284 g/mol. The molecule has 2 N–H and O–H groups in total. The summed E-state index contributed by atoms with van der Waals surface area (Å²) in [4.78, 5) is 17.2. The zero-order valence-corrected chi connectivity index (χ0v) is 11.4. The van der Waals surface area contributed by atoms with Crippen molar-refractivity contribution in [2.75, 3.05) is 26.7 Å². The molecule has 0 aliphatic carbocycles. The molecule has 0 spiro atoms. The number of pyridine rings is 1. The van der Waals surface area contributed by atoms with Gasteiger partial charge in [-0.05, 0) is 12.1 Å². The molecule has 0 unspecified atom stereocenters. The van der Waals surface area contributed by atoms with E-state index in [0.717, 1.165) is 0 Å². The second kappa shape index (κ2) is 5.24. The summed E-state index contributed by atoms with van der Waals surface area (Å²) >= 11 is 0. The van der Waals surface area contributed by atoms with Gasteiger partial charge < -0.3 is 10.6 Å². The van der Waals surface area contributed by atoms with E-state index in [2.05, 4.69) is 4.98 Å². The number of hydrogen-bond donors (Lipinski definition) is 1. The van der Waals surface area contributed by atoms with E-state index in [1.807, 2.05) is 0 Å². The van der Waals surface area contributed by atoms with Crippen molar-refractivity contribution in [3.8, 4) is 0 Å². The van der Waals surface area contributed by atoms with E-state index in [9.17, 15) is 13.2 Å². The standard InChI is InChI=1S/C11H16N4O3S/c1-14-5-6-15(8-11(14)16)19(17,18)10-3-2-4-13-9(10)7-12/h2-4H,5-8,12H2,1H3. The number of carbonyl (C=O) groups is 1. The third-order valence-electron chi connectivity index (χ3n) is 3.08. The largest absolute Gasteiger partial charge is 0.343 e. The highest BCUT2D eigenvalue weighted by atomic mass is 32.2. The molecule has 1 aromatic rings. The van der Waals surface area contributed by atoms with Crippen LogP contribution in [0.3, 0.4) is 0 Å². The molecule has 1 aliphatic rings. The number of hydrogen-bond acceptors (Lipinski definition) is 5. The third-order valence-corrected chi connectivity index (χ3v) is 5.00. The summed E-state index contributed by atoms with van der Waals surface area (Å²) in [7, 11) is -2.06. The average Bonchev–Trinajstić information content (AvgIpc) is 2.41. The number of piperazine rings is 1. The predicted molar refractivity (Wildman–Crippen MR) is 68.5 cm³/mol. The van der Waals surface area contributed by atoms with Crippen molar-refractivity contribution in [3.63, 3.8) is 0 Å². The molecule has 8 heteroatoms. The fourth-order valence-corrected chi connectivity index (χ4v) is 3.46. The van der Waals surface area contributed by atoms with Crippen LogP contribution in [0.15, 0.2) is 23.2 Å². The van der Waals surface area contributed by atoms with Gasteiger partial charge in [-0.1, -0.05) is 0 Å². The summed E-state index contributed by atoms with van der Waals surface area (Å²) in [5.41, 5.74) is 5.82. The zero-order chi connectivity index (χ0) is 14.0. The maximum atomic E-state index is 12.5. The van der Waals surface area contributed by atoms with Gasteiger partial charge in [0.15, 0.2) is 0 Å². The maximum absolute atomic E-state index is 12.5. The van der Waals surface area contributed by atoms with Crippen molar-refractivity contribution in [3.05, 3.63) is 24.0 Å². The van der Waals surface area contributed by atoms with Crippen molar-refractivity contribution in [2.24, 2.45) is 5.73 Å². The van der Waals surface area contributed by atoms with Crippen LogP contribution < -0.4 is 5.73 Å². The topological polar surface area (TPSA) is 96.6 Å². The molecule has 7 nitrogen and oxygen atoms in total. The smallest absolute Gasteiger partial charge is 0.245 e. The summed E-state index contributed by atoms with van der Waals surface area (Å²) in [6.07, 6.45) is 1.50. The lowest BCUT2D eigenvalue weighted by Crippen LogP contribution is -2.50. The van der Waals surface area contributed by atoms with Crippen molar-refractivity contribution in [1.82, 2.24) is 14.2 Å². The summed E-state index contributed by atoms with van der Waals surface area (Å²) in [6, 6.07) is 3.01. The zero-order valence-electron chi connectivity index (χ0n) is 10.6. The Hall–Kier alpha value is -1.51. The van der Waals surface area contributed by atoms with Crippen LogP contribution in [0, 0.1) is 0 Å². The number of amides is 1. The summed E-state index contributed by atoms with van der Waals surface area (Å²) < 4.78 is 26.1. The molecule has 104 valence electrons. The molecule has 1 aliphatic heterocycles. The molecular formula is C11H16N4O3S. The molecule has 2 rings (SSSR count). The number of aromatic nitrogens is 1. The van der Waals surface area contributed by atoms with Crippen LogP contribution in [0.25, 0.3) is 0 Å². The maximum Gasteiger partial charge on any atom is 0.245 e. The Morgan fingerprint density at radius 1 is 1.42 bits per heavy atom. The van der Waals surface area contributed by atoms with Gasteiger partial charge in [0.25, 0.3) is 0 Å². The van der Waals surface area contributed by atoms with Gasteiger partial charge in [-0.25, -0.2) is 8.42 Å². The van der Waals surface area contributed by atoms with Gasteiger partial charge in [0, 0.05) is 32.9 Å². The molecular weight excluding hydrogens is 268 g/mol. The van der Waals surface area contributed by atoms with Gasteiger partial charge in [-0.2, -0.15) is 4.31 Å². The first-order valence-corrected chi connectivity index (χ1v) is 7.29. The Labute approximate surface area is 112 Å². The van der Waals surface area contributed by atoms with Gasteiger partial charge >= 0.3 is 0 Å². The summed E-state index contributed by atoms with van der Waals surface area (Å²) in [5, 5.41) is 0. The Kier molecular flexibility index (Phi) is 3.83. The van der Waals surface area contributed by atoms with Crippen molar-refractivity contribution in [1.29, 1.82) is 0 Å². The number of likely N-dealkylation sites (N-methyl/N-ethyl adjacent to an activating group) is 1. The first-order valence-electron chi connectivity index (χ1n) is 5.85. The van der Waals surface area contributed by atoms with E-state index in [4.69, 9.17) is 5.73 Å². The van der Waals surface area contributed by atoms with E-state index in [-0.39, 0.29) is 30.4 Å². The SMILES string of the molecule is CN1CCN(S(=O)(=O)c2cccnc2CN)CC1=O. The fourth-order valence-electron chi connectivity index (χ4n) is 1.89. The van der Waals surface area contributed by atoms with Crippen LogP contribution in [0.1, 0.15) is 5.69 Å². The first kappa shape index (κ1) is 13.9. The number of sulfonamides is 1. The Morgan fingerprint density at radius 2 is 2.16 bits per heavy atom. The predicted octanol–water partition coefficient (Wildman–Crippen LogP) is -0.997. The van der Waals surface area contributed by atoms with Crippen LogP contribution in [0.2, 0.25) is 0 Å². The second-order valence-corrected chi connectivity index (χ2v) is 6.21. The van der Waals surface area contributed by atoms with Crippen LogP contribution in [0.5, 0.6) is 0 Å². The summed E-state index contributed by atoms with van der Waals surface area (Å²) in [5.74, 6) is -0.215. The lowest BCUT2D eigenvalue weighted by atomic mass is 10.3. The van der Waals surface area contributed by atoms with Gasteiger partial charge in [0.2, 0.25) is 15.9 Å². The van der Waals surface area contributed by atoms with Gasteiger partial charge in [0.1, 0.15) is 4.90 Å². The molecule has 0 radical (unpaired) electrons. The summed E-state index contributed by atoms with van der Waals surface area (Å²) in [6.45, 7) is 0.564. The monoisotopic (exact) mass is 284 g/mol. The Morgan fingerprint density at radius 3 is 2.79 bits per heavy atom. The molecule has 19 heavy (non-hydrogen) atoms. The third kappa shape index (κ3) is 2.60. The minimum absolute atomic E-state index is 0.0388. The quantitative estimate of drug-likeness (QED) is 0.768. The molecule has 0 atom stereocenters. The Balaban J connectivity index is 2.35. The second-order valence-electron chi connectivity index (χ2n) is 4.31. The van der Waals surface area contributed by atoms with E-state index in [1.165, 1.54) is 21.5 Å². The molecule has 1 amide bonds. The minimum atomic E-state index is -3.72. The molecule has 0 saturated carbocycles. The number of rotatable bonds is 3. The molecule has 2 heterocycles. The van der Waals surface area contributed by atoms with E-state index in [0.29, 0.717) is 12.2 Å². The normalized spacial score (nSPS) is 17.8. The van der Waals surface area contributed by atoms with Crippen LogP contribution in [0.4, 0.5) is 0 Å². The lowest BCUT2D eigenvalue weighted by Gasteiger charge is -2.31. The van der Waals surface area contributed by atoms with Gasteiger partial charge in [0.05, 0.1) is 12.2 Å². The van der Waals surface area contributed by atoms with E-state index in [1.54, 1.807) is 13.1 Å². The number of carbonyl (C=O) groups excluding carboxylic acids is 1. The van der Waals surface area contributed by atoms with E-state index < -0.39 is 10.0 Å². The highest BCUT2D eigenvalue weighted by molar-refractivity contribution is 7.89. The van der Waals surface area contributed by atoms with Crippen molar-refractivity contribution >= 4 is 15.9 Å². The molecule has 1 saturated heterocycles. The first-order chi connectivity index (χ1) is 8.96. The fraction of sp³-hybridized carbons (Fsp3) is 0.455. The van der Waals surface area contributed by atoms with Crippen LogP contribution in [-0.2, 0) is 21.4 Å². The van der Waals surface area contributed by atoms with Crippen LogP contribution in [-0.4, -0.2) is 55.2 Å². The highest BCUT2D eigenvalue weighted by Gasteiger charge is 2.32. The molecule has 1 fully saturated rings. The lowest BCUT2D eigenvalue weighted by molar-refractivity contribution is -0.132. The van der Waals surface area contributed by atoms with Gasteiger partial charge in [-0.15, -0.1) is 0 Å². The number of nitrogens with zero attached hydrogens (tertiary/aromatic N) is 3. The molecule has 0 aromatic carbocycles.